The second-order valence-electron chi connectivity index (χ2n) is 5.41. The predicted octanol–water partition coefficient (Wildman–Crippen LogP) is 2.25. The van der Waals surface area contributed by atoms with Crippen LogP contribution >= 0.6 is 11.6 Å². The Balaban J connectivity index is 1.96. The number of halogens is 1. The standard InChI is InChI=1S/C19H20ClN3O5/c1-26-15-8-13(9-16(27-2)18(15)28-3)19(25)21-11-17(24)23-22-10-12-6-4-5-7-14(12)20/h4-10H,11H2,1-3H3,(H,21,25)(H,23,24)/b22-10-. The van der Waals surface area contributed by atoms with E-state index in [1.54, 1.807) is 24.3 Å². The maximum atomic E-state index is 12.3. The van der Waals surface area contributed by atoms with E-state index in [0.717, 1.165) is 0 Å². The summed E-state index contributed by atoms with van der Waals surface area (Å²) in [5.41, 5.74) is 3.23. The monoisotopic (exact) mass is 405 g/mol. The van der Waals surface area contributed by atoms with Crippen LogP contribution in [0, 0.1) is 0 Å². The summed E-state index contributed by atoms with van der Waals surface area (Å²) in [5.74, 6) is 0.0587. The summed E-state index contributed by atoms with van der Waals surface area (Å²) < 4.78 is 15.6. The van der Waals surface area contributed by atoms with E-state index >= 15 is 0 Å². The first-order valence-corrected chi connectivity index (χ1v) is 8.52. The van der Waals surface area contributed by atoms with E-state index in [9.17, 15) is 9.59 Å². The molecule has 2 rings (SSSR count). The van der Waals surface area contributed by atoms with Crippen molar-refractivity contribution < 1.29 is 23.8 Å². The van der Waals surface area contributed by atoms with Crippen LogP contribution in [-0.2, 0) is 4.79 Å². The molecule has 0 radical (unpaired) electrons. The highest BCUT2D eigenvalue weighted by Crippen LogP contribution is 2.38. The Kier molecular flexibility index (Phi) is 7.65. The average molecular weight is 406 g/mol. The minimum Gasteiger partial charge on any atom is -0.493 e. The fraction of sp³-hybridized carbons (Fsp3) is 0.211. The summed E-state index contributed by atoms with van der Waals surface area (Å²) >= 11 is 5.99. The van der Waals surface area contributed by atoms with Crippen LogP contribution < -0.4 is 25.0 Å². The number of amides is 2. The molecule has 148 valence electrons. The van der Waals surface area contributed by atoms with Crippen LogP contribution in [0.2, 0.25) is 5.02 Å². The number of carbonyl (C=O) groups excluding carboxylic acids is 2. The quantitative estimate of drug-likeness (QED) is 0.518. The zero-order valence-corrected chi connectivity index (χ0v) is 16.4. The van der Waals surface area contributed by atoms with Gasteiger partial charge in [0.15, 0.2) is 11.5 Å². The molecular formula is C19H20ClN3O5. The third-order valence-corrected chi connectivity index (χ3v) is 3.98. The normalized spacial score (nSPS) is 10.4. The number of benzene rings is 2. The van der Waals surface area contributed by atoms with Crippen LogP contribution in [-0.4, -0.2) is 45.9 Å². The van der Waals surface area contributed by atoms with Crippen molar-refractivity contribution in [2.45, 2.75) is 0 Å². The third-order valence-electron chi connectivity index (χ3n) is 3.63. The SMILES string of the molecule is COc1cc(C(=O)NCC(=O)N/N=C\c2ccccc2Cl)cc(OC)c1OC. The molecule has 0 bridgehead atoms. The van der Waals surface area contributed by atoms with Gasteiger partial charge in [0.25, 0.3) is 11.8 Å². The van der Waals surface area contributed by atoms with E-state index in [-0.39, 0.29) is 12.1 Å². The van der Waals surface area contributed by atoms with Crippen molar-refractivity contribution in [2.75, 3.05) is 27.9 Å². The topological polar surface area (TPSA) is 98.2 Å². The Morgan fingerprint density at radius 1 is 1.07 bits per heavy atom. The number of carbonyl (C=O) groups is 2. The van der Waals surface area contributed by atoms with Crippen molar-refractivity contribution in [1.82, 2.24) is 10.7 Å². The molecule has 0 atom stereocenters. The Bertz CT molecular complexity index is 861. The van der Waals surface area contributed by atoms with Gasteiger partial charge in [-0.1, -0.05) is 29.8 Å². The summed E-state index contributed by atoms with van der Waals surface area (Å²) in [6.45, 7) is -0.268. The first-order chi connectivity index (χ1) is 13.5. The molecule has 0 aliphatic carbocycles. The highest BCUT2D eigenvalue weighted by molar-refractivity contribution is 6.33. The van der Waals surface area contributed by atoms with Gasteiger partial charge >= 0.3 is 0 Å². The lowest BCUT2D eigenvalue weighted by Crippen LogP contribution is -2.35. The number of nitrogens with one attached hydrogen (secondary N) is 2. The van der Waals surface area contributed by atoms with Gasteiger partial charge in [-0.05, 0) is 18.2 Å². The number of methoxy groups -OCH3 is 3. The van der Waals surface area contributed by atoms with Gasteiger partial charge < -0.3 is 19.5 Å². The van der Waals surface area contributed by atoms with Gasteiger partial charge in [-0.15, -0.1) is 0 Å². The Labute approximate surface area is 167 Å². The summed E-state index contributed by atoms with van der Waals surface area (Å²) in [7, 11) is 4.36. The van der Waals surface area contributed by atoms with Crippen LogP contribution in [0.1, 0.15) is 15.9 Å². The summed E-state index contributed by atoms with van der Waals surface area (Å²) in [4.78, 5) is 24.2. The Hall–Kier alpha value is -3.26. The molecule has 0 aliphatic heterocycles. The molecule has 0 unspecified atom stereocenters. The number of hydrogen-bond acceptors (Lipinski definition) is 6. The fourth-order valence-corrected chi connectivity index (χ4v) is 2.45. The van der Waals surface area contributed by atoms with Crippen molar-refractivity contribution in [3.63, 3.8) is 0 Å². The van der Waals surface area contributed by atoms with E-state index in [0.29, 0.717) is 27.8 Å². The van der Waals surface area contributed by atoms with E-state index in [1.165, 1.54) is 39.7 Å². The Morgan fingerprint density at radius 3 is 2.29 bits per heavy atom. The highest BCUT2D eigenvalue weighted by Gasteiger charge is 2.17. The molecule has 0 saturated carbocycles. The lowest BCUT2D eigenvalue weighted by atomic mass is 10.1. The van der Waals surface area contributed by atoms with Crippen molar-refractivity contribution in [2.24, 2.45) is 5.10 Å². The third kappa shape index (κ3) is 5.37. The number of ether oxygens (including phenoxy) is 3. The van der Waals surface area contributed by atoms with Gasteiger partial charge in [0.05, 0.1) is 34.1 Å². The molecule has 0 heterocycles. The number of nitrogens with zero attached hydrogens (tertiary/aromatic N) is 1. The van der Waals surface area contributed by atoms with Gasteiger partial charge in [0, 0.05) is 16.1 Å². The van der Waals surface area contributed by atoms with Crippen LogP contribution in [0.5, 0.6) is 17.2 Å². The first-order valence-electron chi connectivity index (χ1n) is 8.14. The van der Waals surface area contributed by atoms with E-state index in [2.05, 4.69) is 15.8 Å². The molecule has 28 heavy (non-hydrogen) atoms. The van der Waals surface area contributed by atoms with Crippen LogP contribution in [0.15, 0.2) is 41.5 Å². The molecule has 0 saturated heterocycles. The summed E-state index contributed by atoms with van der Waals surface area (Å²) in [6, 6.07) is 10.0. The summed E-state index contributed by atoms with van der Waals surface area (Å²) in [5, 5.41) is 6.82. The highest BCUT2D eigenvalue weighted by atomic mass is 35.5. The second-order valence-corrected chi connectivity index (χ2v) is 5.82. The molecule has 2 N–H and O–H groups in total. The van der Waals surface area contributed by atoms with Crippen molar-refractivity contribution >= 4 is 29.6 Å². The molecule has 0 fully saturated rings. The lowest BCUT2D eigenvalue weighted by molar-refractivity contribution is -0.120. The second kappa shape index (κ2) is 10.2. The smallest absolute Gasteiger partial charge is 0.259 e. The fourth-order valence-electron chi connectivity index (χ4n) is 2.27. The molecule has 8 nitrogen and oxygen atoms in total. The van der Waals surface area contributed by atoms with Gasteiger partial charge in [0.2, 0.25) is 5.75 Å². The summed E-state index contributed by atoms with van der Waals surface area (Å²) in [6.07, 6.45) is 1.42. The van der Waals surface area contributed by atoms with Crippen molar-refractivity contribution in [1.29, 1.82) is 0 Å². The predicted molar refractivity (Wildman–Crippen MR) is 106 cm³/mol. The largest absolute Gasteiger partial charge is 0.493 e. The molecule has 2 aromatic rings. The number of hydrogen-bond donors (Lipinski definition) is 2. The molecule has 0 spiro atoms. The minimum atomic E-state index is -0.496. The number of rotatable bonds is 8. The van der Waals surface area contributed by atoms with Crippen LogP contribution in [0.25, 0.3) is 0 Å². The molecule has 0 aromatic heterocycles. The maximum Gasteiger partial charge on any atom is 0.259 e. The van der Waals surface area contributed by atoms with E-state index in [1.807, 2.05) is 0 Å². The van der Waals surface area contributed by atoms with Crippen molar-refractivity contribution in [3.8, 4) is 17.2 Å². The van der Waals surface area contributed by atoms with Crippen LogP contribution in [0.4, 0.5) is 0 Å². The minimum absolute atomic E-state index is 0.252. The zero-order valence-electron chi connectivity index (χ0n) is 15.6. The molecular weight excluding hydrogens is 386 g/mol. The zero-order chi connectivity index (χ0) is 20.5. The lowest BCUT2D eigenvalue weighted by Gasteiger charge is -2.14. The van der Waals surface area contributed by atoms with Crippen LogP contribution in [0.3, 0.4) is 0 Å². The molecule has 2 aromatic carbocycles. The first kappa shape index (κ1) is 21.0. The molecule has 2 amide bonds. The van der Waals surface area contributed by atoms with E-state index < -0.39 is 11.8 Å². The Morgan fingerprint density at radius 2 is 1.71 bits per heavy atom. The average Bonchev–Trinajstić information content (AvgIpc) is 2.72. The maximum absolute atomic E-state index is 12.3. The van der Waals surface area contributed by atoms with Gasteiger partial charge in [-0.3, -0.25) is 9.59 Å². The molecule has 9 heteroatoms. The van der Waals surface area contributed by atoms with Crippen molar-refractivity contribution in [3.05, 3.63) is 52.5 Å². The molecule has 0 aliphatic rings. The van der Waals surface area contributed by atoms with E-state index in [4.69, 9.17) is 25.8 Å². The van der Waals surface area contributed by atoms with Gasteiger partial charge in [-0.25, -0.2) is 5.43 Å². The number of hydrazone groups is 1. The van der Waals surface area contributed by atoms with Gasteiger partial charge in [0.1, 0.15) is 0 Å². The van der Waals surface area contributed by atoms with Gasteiger partial charge in [-0.2, -0.15) is 5.10 Å².